The maximum atomic E-state index is 6.32. The zero-order valence-electron chi connectivity index (χ0n) is 17.2. The molecule has 30 heavy (non-hydrogen) atoms. The molecule has 6 nitrogen and oxygen atoms in total. The Morgan fingerprint density at radius 1 is 1.03 bits per heavy atom. The van der Waals surface area contributed by atoms with Crippen molar-refractivity contribution >= 4 is 34.1 Å². The van der Waals surface area contributed by atoms with Gasteiger partial charge in [0, 0.05) is 22.6 Å². The lowest BCUT2D eigenvalue weighted by atomic mass is 9.92. The third kappa shape index (κ3) is 3.08. The van der Waals surface area contributed by atoms with Crippen LogP contribution in [0.15, 0.2) is 36.4 Å². The summed E-state index contributed by atoms with van der Waals surface area (Å²) in [7, 11) is 0. The van der Waals surface area contributed by atoms with Crippen LogP contribution in [-0.2, 0) is 6.42 Å². The van der Waals surface area contributed by atoms with Gasteiger partial charge in [0.2, 0.25) is 5.95 Å². The molecular formula is C23H23ClN6. The fraction of sp³-hybridized carbons (Fsp3) is 0.261. The van der Waals surface area contributed by atoms with Crippen LogP contribution in [0.2, 0.25) is 5.02 Å². The molecule has 0 amide bonds. The van der Waals surface area contributed by atoms with E-state index in [0.29, 0.717) is 16.7 Å². The van der Waals surface area contributed by atoms with Crippen molar-refractivity contribution in [3.8, 4) is 0 Å². The van der Waals surface area contributed by atoms with Crippen LogP contribution in [0.4, 0.5) is 11.6 Å². The molecule has 2 aromatic heterocycles. The molecule has 0 aliphatic carbocycles. The molecule has 0 saturated carbocycles. The number of aromatic nitrogens is 4. The highest BCUT2D eigenvalue weighted by molar-refractivity contribution is 6.32. The smallest absolute Gasteiger partial charge is 0.229 e. The van der Waals surface area contributed by atoms with Gasteiger partial charge in [-0.1, -0.05) is 41.4 Å². The number of hydrogen-bond donors (Lipinski definition) is 2. The minimum Gasteiger partial charge on any atom is -0.397 e. The van der Waals surface area contributed by atoms with Crippen molar-refractivity contribution in [3.05, 3.63) is 75.5 Å². The molecule has 3 heterocycles. The number of hydrogen-bond acceptors (Lipinski definition) is 5. The van der Waals surface area contributed by atoms with Gasteiger partial charge in [0.1, 0.15) is 11.6 Å². The van der Waals surface area contributed by atoms with Gasteiger partial charge in [0.15, 0.2) is 0 Å². The number of rotatable bonds is 2. The van der Waals surface area contributed by atoms with E-state index < -0.39 is 0 Å². The lowest BCUT2D eigenvalue weighted by Crippen LogP contribution is -2.37. The highest BCUT2D eigenvalue weighted by Gasteiger charge is 2.34. The first-order valence-electron chi connectivity index (χ1n) is 10.0. The van der Waals surface area contributed by atoms with Gasteiger partial charge in [-0.15, -0.1) is 0 Å². The standard InChI is InChI=1S/C23H23ClN6/c1-12-4-6-15(7-5-12)22-21-17(18-10-16(24)11-19(25)20(18)29-21)8-9-30(22)23-27-13(2)26-14(3)28-23/h4-7,10-11,22,29H,8-9,25H2,1-3H3. The fourth-order valence-corrected chi connectivity index (χ4v) is 4.65. The Labute approximate surface area is 180 Å². The molecule has 1 unspecified atom stereocenters. The molecule has 4 aromatic rings. The lowest BCUT2D eigenvalue weighted by molar-refractivity contribution is 0.620. The number of benzene rings is 2. The second-order valence-electron chi connectivity index (χ2n) is 7.92. The van der Waals surface area contributed by atoms with Gasteiger partial charge >= 0.3 is 0 Å². The number of H-pyrrole nitrogens is 1. The quantitative estimate of drug-likeness (QED) is 0.462. The molecule has 0 saturated heterocycles. The van der Waals surface area contributed by atoms with Crippen molar-refractivity contribution < 1.29 is 0 Å². The number of aromatic amines is 1. The van der Waals surface area contributed by atoms with E-state index in [1.807, 2.05) is 19.9 Å². The SMILES string of the molecule is Cc1ccc(C2c3[nH]c4c(N)cc(Cl)cc4c3CCN2c2nc(C)nc(C)n2)cc1. The van der Waals surface area contributed by atoms with Gasteiger partial charge in [-0.3, -0.25) is 0 Å². The molecule has 0 spiro atoms. The summed E-state index contributed by atoms with van der Waals surface area (Å²) in [6, 6.07) is 12.4. The Morgan fingerprint density at radius 3 is 2.43 bits per heavy atom. The van der Waals surface area contributed by atoms with Crippen LogP contribution in [0.3, 0.4) is 0 Å². The Kier molecular flexibility index (Phi) is 4.40. The molecule has 1 aliphatic heterocycles. The first-order chi connectivity index (χ1) is 14.4. The van der Waals surface area contributed by atoms with Crippen molar-refractivity contribution in [2.24, 2.45) is 0 Å². The van der Waals surface area contributed by atoms with Crippen molar-refractivity contribution in [1.82, 2.24) is 19.9 Å². The van der Waals surface area contributed by atoms with Crippen molar-refractivity contribution in [1.29, 1.82) is 0 Å². The third-order valence-corrected chi connectivity index (χ3v) is 5.95. The summed E-state index contributed by atoms with van der Waals surface area (Å²) >= 11 is 6.32. The first kappa shape index (κ1) is 18.9. The van der Waals surface area contributed by atoms with Gasteiger partial charge in [0.25, 0.3) is 0 Å². The Morgan fingerprint density at radius 2 is 1.73 bits per heavy atom. The monoisotopic (exact) mass is 418 g/mol. The summed E-state index contributed by atoms with van der Waals surface area (Å²) in [4.78, 5) is 19.5. The second kappa shape index (κ2) is 6.99. The third-order valence-electron chi connectivity index (χ3n) is 5.73. The van der Waals surface area contributed by atoms with Crippen molar-refractivity contribution in [2.75, 3.05) is 17.2 Å². The highest BCUT2D eigenvalue weighted by Crippen LogP contribution is 2.41. The maximum Gasteiger partial charge on any atom is 0.229 e. The lowest BCUT2D eigenvalue weighted by Gasteiger charge is -2.36. The Hall–Kier alpha value is -3.12. The summed E-state index contributed by atoms with van der Waals surface area (Å²) in [6.45, 7) is 6.69. The van der Waals surface area contributed by atoms with Crippen LogP contribution in [0.5, 0.6) is 0 Å². The average Bonchev–Trinajstić information content (AvgIpc) is 3.06. The number of aryl methyl sites for hydroxylation is 3. The molecule has 0 bridgehead atoms. The van der Waals surface area contributed by atoms with Gasteiger partial charge in [-0.05, 0) is 50.5 Å². The van der Waals surface area contributed by atoms with Crippen LogP contribution >= 0.6 is 11.6 Å². The summed E-state index contributed by atoms with van der Waals surface area (Å²) in [6.07, 6.45) is 0.848. The van der Waals surface area contributed by atoms with Gasteiger partial charge in [0.05, 0.1) is 17.2 Å². The zero-order valence-corrected chi connectivity index (χ0v) is 18.0. The minimum atomic E-state index is -0.0545. The van der Waals surface area contributed by atoms with Crippen LogP contribution in [-0.4, -0.2) is 26.5 Å². The number of nitrogens with two attached hydrogens (primary N) is 1. The molecule has 7 heteroatoms. The molecule has 0 fully saturated rings. The van der Waals surface area contributed by atoms with Crippen LogP contribution in [0, 0.1) is 20.8 Å². The predicted octanol–water partition coefficient (Wildman–Crippen LogP) is 4.67. The second-order valence-corrected chi connectivity index (χ2v) is 8.36. The largest absolute Gasteiger partial charge is 0.397 e. The number of nitrogens with one attached hydrogen (secondary N) is 1. The van der Waals surface area contributed by atoms with Gasteiger partial charge in [-0.25, -0.2) is 4.98 Å². The molecule has 3 N–H and O–H groups in total. The molecule has 1 atom stereocenters. The maximum absolute atomic E-state index is 6.32. The average molecular weight is 419 g/mol. The van der Waals surface area contributed by atoms with E-state index in [4.69, 9.17) is 17.3 Å². The molecule has 0 radical (unpaired) electrons. The van der Waals surface area contributed by atoms with E-state index >= 15 is 0 Å². The minimum absolute atomic E-state index is 0.0545. The Bertz CT molecular complexity index is 1240. The molecule has 1 aliphatic rings. The number of anilines is 2. The van der Waals surface area contributed by atoms with Crippen molar-refractivity contribution in [2.45, 2.75) is 33.2 Å². The molecule has 2 aromatic carbocycles. The van der Waals surface area contributed by atoms with E-state index in [1.54, 1.807) is 6.07 Å². The Balaban J connectivity index is 1.74. The summed E-state index contributed by atoms with van der Waals surface area (Å²) in [5.41, 5.74) is 12.7. The normalized spacial score (nSPS) is 16.1. The fourth-order valence-electron chi connectivity index (χ4n) is 4.42. The number of nitrogens with zero attached hydrogens (tertiary/aromatic N) is 4. The molecular weight excluding hydrogens is 396 g/mol. The topological polar surface area (TPSA) is 83.7 Å². The first-order valence-corrected chi connectivity index (χ1v) is 10.4. The summed E-state index contributed by atoms with van der Waals surface area (Å²) in [5, 5.41) is 1.75. The summed E-state index contributed by atoms with van der Waals surface area (Å²) < 4.78 is 0. The van der Waals surface area contributed by atoms with Crippen LogP contribution in [0.25, 0.3) is 10.9 Å². The van der Waals surface area contributed by atoms with E-state index in [1.165, 1.54) is 16.7 Å². The van der Waals surface area contributed by atoms with E-state index in [0.717, 1.165) is 41.2 Å². The molecule has 5 rings (SSSR count). The summed E-state index contributed by atoms with van der Waals surface area (Å²) in [5.74, 6) is 2.14. The van der Waals surface area contributed by atoms with Crippen LogP contribution < -0.4 is 10.6 Å². The van der Waals surface area contributed by atoms with Gasteiger partial charge < -0.3 is 15.6 Å². The predicted molar refractivity (Wildman–Crippen MR) is 121 cm³/mol. The highest BCUT2D eigenvalue weighted by atomic mass is 35.5. The van der Waals surface area contributed by atoms with Crippen molar-refractivity contribution in [3.63, 3.8) is 0 Å². The van der Waals surface area contributed by atoms with Crippen LogP contribution in [0.1, 0.15) is 40.1 Å². The molecule has 152 valence electrons. The van der Waals surface area contributed by atoms with E-state index in [2.05, 4.69) is 56.0 Å². The number of nitrogen functional groups attached to an aromatic ring is 1. The number of fused-ring (bicyclic) bond motifs is 3. The van der Waals surface area contributed by atoms with E-state index in [9.17, 15) is 0 Å². The van der Waals surface area contributed by atoms with Gasteiger partial charge in [-0.2, -0.15) is 9.97 Å². The van der Waals surface area contributed by atoms with E-state index in [-0.39, 0.29) is 6.04 Å². The number of halogens is 1. The zero-order chi connectivity index (χ0) is 21.0.